The number of nitrogen functional groups attached to an aromatic ring is 2. The number of aliphatic hydroxyl groups is 2. The second-order valence-electron chi connectivity index (χ2n) is 10.1. The second-order valence-corrected chi connectivity index (χ2v) is 14.3. The number of aliphatic hydroxyl groups excluding tert-OH is 2. The van der Waals surface area contributed by atoms with Gasteiger partial charge in [0.05, 0.1) is 25.9 Å². The SMILES string of the molecule is Nc1nc2c(ncn2[C@@H]2OC3COP(=O)(O)O[C@H]4[C@@H](O)[C@H](n5cnc6c(N)ncnc65)O[C@@H]4COP(O)(=S)O[C@@H]2[C@@H]3O)c(=O)[nH]1. The van der Waals surface area contributed by atoms with Crippen LogP contribution in [-0.4, -0.2) is 109 Å². The van der Waals surface area contributed by atoms with Crippen molar-refractivity contribution >= 4 is 60.4 Å². The smallest absolute Gasteiger partial charge is 0.387 e. The lowest BCUT2D eigenvalue weighted by molar-refractivity contribution is -0.0635. The molecule has 0 aliphatic carbocycles. The molecule has 4 aromatic heterocycles. The van der Waals surface area contributed by atoms with Gasteiger partial charge in [-0.1, -0.05) is 0 Å². The van der Waals surface area contributed by atoms with Crippen LogP contribution < -0.4 is 17.0 Å². The molecule has 3 saturated heterocycles. The van der Waals surface area contributed by atoms with Gasteiger partial charge in [0.15, 0.2) is 35.1 Å². The maximum absolute atomic E-state index is 13.1. The fraction of sp³-hybridized carbons (Fsp3) is 0.500. The summed E-state index contributed by atoms with van der Waals surface area (Å²) in [7, 11) is -5.01. The van der Waals surface area contributed by atoms with E-state index in [1.807, 2.05) is 0 Å². The van der Waals surface area contributed by atoms with Crippen molar-refractivity contribution < 1.29 is 52.1 Å². The highest BCUT2D eigenvalue weighted by molar-refractivity contribution is 8.07. The first kappa shape index (κ1) is 30.6. The standard InChI is InChI=1S/C20H24N10O12P2S/c21-14-8-15(24-3-23-14)29(4-25-8)18-11(32)12-7(40-18)2-38-44(36,45)42-13-10(31)6(1-37-43(34,35)41-12)39-19(13)30-5-26-9-16(30)27-20(22)28-17(9)33/h3-7,10-13,18-19,31-32H,1-2H2,(H,34,35)(H,36,45)(H2,21,23,24)(H3,22,27,28,33)/t6?,7-,10-,11-,12-,13-,18-,19-,44?/m1/s1. The molecule has 25 heteroatoms. The van der Waals surface area contributed by atoms with Gasteiger partial charge < -0.3 is 45.5 Å². The average molecular weight is 690 g/mol. The summed E-state index contributed by atoms with van der Waals surface area (Å²) in [5, 5.41) is 22.3. The van der Waals surface area contributed by atoms with Crippen LogP contribution in [0.5, 0.6) is 0 Å². The van der Waals surface area contributed by atoms with Crippen molar-refractivity contribution in [1.82, 2.24) is 39.0 Å². The van der Waals surface area contributed by atoms with Crippen LogP contribution in [0.25, 0.3) is 22.3 Å². The summed E-state index contributed by atoms with van der Waals surface area (Å²) >= 11 is 5.21. The van der Waals surface area contributed by atoms with E-state index in [0.29, 0.717) is 0 Å². The Hall–Kier alpha value is -3.02. The summed E-state index contributed by atoms with van der Waals surface area (Å²) < 4.78 is 49.1. The number of rotatable bonds is 2. The first-order valence-electron chi connectivity index (χ1n) is 13.0. The third kappa shape index (κ3) is 5.44. The van der Waals surface area contributed by atoms with Gasteiger partial charge >= 0.3 is 14.5 Å². The fourth-order valence-electron chi connectivity index (χ4n) is 5.30. The van der Waals surface area contributed by atoms with Crippen LogP contribution in [0.15, 0.2) is 23.8 Å². The number of aromatic nitrogens is 8. The summed E-state index contributed by atoms with van der Waals surface area (Å²) in [6.45, 7) is -5.66. The molecule has 3 unspecified atom stereocenters. The molecule has 0 aromatic carbocycles. The highest BCUT2D eigenvalue weighted by Gasteiger charge is 2.53. The Bertz CT molecular complexity index is 1940. The maximum atomic E-state index is 13.1. The molecule has 3 aliphatic heterocycles. The first-order valence-corrected chi connectivity index (χ1v) is 17.0. The van der Waals surface area contributed by atoms with Crippen LogP contribution >= 0.6 is 14.5 Å². The number of anilines is 2. The van der Waals surface area contributed by atoms with Gasteiger partial charge in [0.2, 0.25) is 5.95 Å². The van der Waals surface area contributed by atoms with Crippen LogP contribution in [0, 0.1) is 0 Å². The number of phosphoric ester groups is 1. The number of hydrogen-bond donors (Lipinski definition) is 7. The first-order chi connectivity index (χ1) is 21.3. The second kappa shape index (κ2) is 11.1. The van der Waals surface area contributed by atoms with E-state index in [9.17, 15) is 29.4 Å². The average Bonchev–Trinajstić information content (AvgIpc) is 3.72. The van der Waals surface area contributed by atoms with E-state index in [0.717, 1.165) is 6.33 Å². The lowest BCUT2D eigenvalue weighted by atomic mass is 10.1. The van der Waals surface area contributed by atoms with Crippen LogP contribution in [0.4, 0.5) is 11.8 Å². The van der Waals surface area contributed by atoms with Gasteiger partial charge in [-0.25, -0.2) is 24.5 Å². The van der Waals surface area contributed by atoms with Gasteiger partial charge in [0.25, 0.3) is 5.56 Å². The molecule has 2 bridgehead atoms. The largest absolute Gasteiger partial charge is 0.472 e. The third-order valence-electron chi connectivity index (χ3n) is 7.32. The molecule has 0 amide bonds. The van der Waals surface area contributed by atoms with Crippen LogP contribution in [-0.2, 0) is 43.9 Å². The van der Waals surface area contributed by atoms with Crippen LogP contribution in [0.3, 0.4) is 0 Å². The monoisotopic (exact) mass is 690 g/mol. The summed E-state index contributed by atoms with van der Waals surface area (Å²) in [5.74, 6) is -0.181. The Kier molecular flexibility index (Phi) is 7.52. The zero-order valence-corrected chi connectivity index (χ0v) is 25.0. The Balaban J connectivity index is 1.21. The summed E-state index contributed by atoms with van der Waals surface area (Å²) in [4.78, 5) is 56.5. The van der Waals surface area contributed by atoms with Crippen LogP contribution in [0.1, 0.15) is 12.5 Å². The number of imidazole rings is 2. The fourth-order valence-corrected chi connectivity index (χ4v) is 7.67. The molecule has 3 fully saturated rings. The summed E-state index contributed by atoms with van der Waals surface area (Å²) in [6.07, 6.45) is -8.14. The number of nitrogens with two attached hydrogens (primary N) is 2. The molecule has 10 atom stereocenters. The minimum absolute atomic E-state index is 0.0608. The van der Waals surface area contributed by atoms with E-state index in [1.54, 1.807) is 0 Å². The van der Waals surface area contributed by atoms with Gasteiger partial charge in [-0.05, 0) is 11.8 Å². The van der Waals surface area contributed by atoms with Crippen LogP contribution in [0.2, 0.25) is 0 Å². The quantitative estimate of drug-likeness (QED) is 0.109. The van der Waals surface area contributed by atoms with E-state index >= 15 is 0 Å². The lowest BCUT2D eigenvalue weighted by Gasteiger charge is -2.27. The maximum Gasteiger partial charge on any atom is 0.472 e. The van der Waals surface area contributed by atoms with E-state index in [-0.39, 0.29) is 34.1 Å². The Morgan fingerprint density at radius 3 is 2.36 bits per heavy atom. The molecule has 0 radical (unpaired) electrons. The molecule has 242 valence electrons. The Morgan fingerprint density at radius 1 is 0.889 bits per heavy atom. The van der Waals surface area contributed by atoms with Gasteiger partial charge in [-0.2, -0.15) is 4.98 Å². The Labute approximate surface area is 254 Å². The van der Waals surface area contributed by atoms with E-state index in [1.165, 1.54) is 21.8 Å². The zero-order valence-electron chi connectivity index (χ0n) is 22.4. The molecule has 7 heterocycles. The molecule has 4 aromatic rings. The number of hydrogen-bond acceptors (Lipinski definition) is 18. The number of ether oxygens (including phenoxy) is 2. The van der Waals surface area contributed by atoms with E-state index in [4.69, 9.17) is 50.8 Å². The molecule has 7 rings (SSSR count). The summed E-state index contributed by atoms with van der Waals surface area (Å²) in [5.41, 5.74) is 11.1. The van der Waals surface area contributed by atoms with Crippen molar-refractivity contribution in [3.63, 3.8) is 0 Å². The van der Waals surface area contributed by atoms with Gasteiger partial charge in [0.1, 0.15) is 48.5 Å². The normalized spacial score (nSPS) is 37.7. The van der Waals surface area contributed by atoms with Crippen molar-refractivity contribution in [2.45, 2.75) is 49.1 Å². The van der Waals surface area contributed by atoms with Crippen molar-refractivity contribution in [2.24, 2.45) is 0 Å². The highest BCUT2D eigenvalue weighted by Crippen LogP contribution is 2.53. The number of nitrogens with zero attached hydrogens (tertiary/aromatic N) is 7. The minimum atomic E-state index is -5.01. The highest BCUT2D eigenvalue weighted by atomic mass is 32.5. The van der Waals surface area contributed by atoms with Gasteiger partial charge in [0, 0.05) is 0 Å². The lowest BCUT2D eigenvalue weighted by Crippen LogP contribution is -2.36. The topological polar surface area (TPSA) is 313 Å². The zero-order chi connectivity index (χ0) is 31.8. The molecule has 0 spiro atoms. The predicted molar refractivity (Wildman–Crippen MR) is 150 cm³/mol. The van der Waals surface area contributed by atoms with E-state index < -0.39 is 82.4 Å². The van der Waals surface area contributed by atoms with Crippen molar-refractivity contribution in [3.8, 4) is 0 Å². The number of phosphoric acid groups is 1. The molecule has 45 heavy (non-hydrogen) atoms. The number of H-pyrrole nitrogens is 1. The van der Waals surface area contributed by atoms with Gasteiger partial charge in [-0.3, -0.25) is 32.5 Å². The third-order valence-corrected chi connectivity index (χ3v) is 9.87. The summed E-state index contributed by atoms with van der Waals surface area (Å²) in [6, 6.07) is 0. The predicted octanol–water partition coefficient (Wildman–Crippen LogP) is -2.23. The number of nitrogens with one attached hydrogen (secondary N) is 1. The number of aromatic amines is 1. The minimum Gasteiger partial charge on any atom is -0.387 e. The number of fused-ring (bicyclic) bond motifs is 5. The van der Waals surface area contributed by atoms with Crippen molar-refractivity contribution in [2.75, 3.05) is 24.7 Å². The molecule has 0 saturated carbocycles. The molecular formula is C20H24N10O12P2S. The molecule has 22 nitrogen and oxygen atoms in total. The van der Waals surface area contributed by atoms with Gasteiger partial charge in [-0.15, -0.1) is 0 Å². The van der Waals surface area contributed by atoms with Crippen molar-refractivity contribution in [1.29, 1.82) is 0 Å². The molecular weight excluding hydrogens is 666 g/mol. The molecule has 3 aliphatic rings. The Morgan fingerprint density at radius 2 is 1.58 bits per heavy atom. The van der Waals surface area contributed by atoms with E-state index in [2.05, 4.69) is 29.9 Å². The molecule has 9 N–H and O–H groups in total. The van der Waals surface area contributed by atoms with Crippen molar-refractivity contribution in [3.05, 3.63) is 29.3 Å².